The maximum absolute atomic E-state index is 12.0. The zero-order valence-electron chi connectivity index (χ0n) is 10.4. The van der Waals surface area contributed by atoms with E-state index in [1.165, 1.54) is 18.2 Å². The summed E-state index contributed by atoms with van der Waals surface area (Å²) in [5.41, 5.74) is 6.31. The fourth-order valence-corrected chi connectivity index (χ4v) is 2.34. The second kappa shape index (κ2) is 5.92. The molecule has 2 N–H and O–H groups in total. The summed E-state index contributed by atoms with van der Waals surface area (Å²) in [6.45, 7) is 0. The van der Waals surface area contributed by atoms with Gasteiger partial charge in [-0.3, -0.25) is 0 Å². The van der Waals surface area contributed by atoms with Crippen LogP contribution in [0.1, 0.15) is 30.9 Å². The van der Waals surface area contributed by atoms with Gasteiger partial charge in [0.25, 0.3) is 0 Å². The van der Waals surface area contributed by atoms with E-state index in [2.05, 4.69) is 0 Å². The lowest BCUT2D eigenvalue weighted by Gasteiger charge is -2.13. The monoisotopic (exact) mass is 295 g/mol. The van der Waals surface area contributed by atoms with E-state index in [4.69, 9.17) is 5.73 Å². The van der Waals surface area contributed by atoms with Crippen molar-refractivity contribution >= 4 is 9.84 Å². The van der Waals surface area contributed by atoms with Gasteiger partial charge in [0.1, 0.15) is 0 Å². The van der Waals surface area contributed by atoms with Crippen molar-refractivity contribution in [2.45, 2.75) is 36.4 Å². The van der Waals surface area contributed by atoms with Crippen molar-refractivity contribution in [1.29, 1.82) is 0 Å². The fourth-order valence-electron chi connectivity index (χ4n) is 1.66. The number of halogens is 3. The maximum Gasteiger partial charge on any atom is 0.389 e. The Morgan fingerprint density at radius 1 is 1.32 bits per heavy atom. The maximum atomic E-state index is 12.0. The van der Waals surface area contributed by atoms with Gasteiger partial charge in [-0.2, -0.15) is 13.2 Å². The van der Waals surface area contributed by atoms with E-state index in [0.717, 1.165) is 6.26 Å². The van der Waals surface area contributed by atoms with E-state index in [1.807, 2.05) is 0 Å². The highest BCUT2D eigenvalue weighted by atomic mass is 32.2. The number of rotatable bonds is 5. The topological polar surface area (TPSA) is 60.2 Å². The molecule has 0 fully saturated rings. The fraction of sp³-hybridized carbons (Fsp3) is 0.500. The highest BCUT2D eigenvalue weighted by Crippen LogP contribution is 2.26. The van der Waals surface area contributed by atoms with Gasteiger partial charge in [0.2, 0.25) is 0 Å². The van der Waals surface area contributed by atoms with Crippen LogP contribution in [0.4, 0.5) is 13.2 Å². The third-order valence-electron chi connectivity index (χ3n) is 2.69. The molecule has 0 saturated carbocycles. The number of sulfone groups is 1. The Bertz CT molecular complexity index is 526. The van der Waals surface area contributed by atoms with E-state index >= 15 is 0 Å². The average molecular weight is 295 g/mol. The van der Waals surface area contributed by atoms with Crippen molar-refractivity contribution in [3.05, 3.63) is 29.8 Å². The molecule has 0 saturated heterocycles. The van der Waals surface area contributed by atoms with Crippen molar-refractivity contribution in [1.82, 2.24) is 0 Å². The zero-order valence-corrected chi connectivity index (χ0v) is 11.3. The molecular formula is C12H16F3NO2S. The van der Waals surface area contributed by atoms with Crippen molar-refractivity contribution in [2.75, 3.05) is 6.26 Å². The molecule has 0 aliphatic rings. The molecular weight excluding hydrogens is 279 g/mol. The van der Waals surface area contributed by atoms with Crippen LogP contribution in [-0.2, 0) is 9.84 Å². The summed E-state index contributed by atoms with van der Waals surface area (Å²) in [7, 11) is -3.34. The second-order valence-electron chi connectivity index (χ2n) is 4.46. The predicted molar refractivity (Wildman–Crippen MR) is 66.4 cm³/mol. The molecule has 0 aliphatic heterocycles. The Hall–Kier alpha value is -1.08. The van der Waals surface area contributed by atoms with Crippen LogP contribution in [0.15, 0.2) is 29.2 Å². The first-order valence-electron chi connectivity index (χ1n) is 5.72. The first-order valence-corrected chi connectivity index (χ1v) is 7.61. The first kappa shape index (κ1) is 16.0. The van der Waals surface area contributed by atoms with E-state index in [1.54, 1.807) is 6.07 Å². The molecule has 1 aromatic carbocycles. The molecule has 7 heteroatoms. The number of hydrogen-bond donors (Lipinski definition) is 1. The number of hydrogen-bond acceptors (Lipinski definition) is 3. The predicted octanol–water partition coefficient (Wildman–Crippen LogP) is 2.82. The van der Waals surface area contributed by atoms with Gasteiger partial charge in [0.05, 0.1) is 4.90 Å². The van der Waals surface area contributed by atoms with Crippen molar-refractivity contribution < 1.29 is 21.6 Å². The van der Waals surface area contributed by atoms with Gasteiger partial charge in [0, 0.05) is 18.7 Å². The standard InChI is InChI=1S/C12H16F3NO2S/c1-19(17,18)10-5-2-4-9(8-10)11(16)6-3-7-12(13,14)15/h2,4-5,8,11H,3,6-7,16H2,1H3. The summed E-state index contributed by atoms with van der Waals surface area (Å²) in [4.78, 5) is 0.122. The molecule has 108 valence electrons. The Labute approximate surface area is 110 Å². The van der Waals surface area contributed by atoms with E-state index < -0.39 is 28.5 Å². The minimum atomic E-state index is -4.19. The SMILES string of the molecule is CS(=O)(=O)c1cccc(C(N)CCCC(F)(F)F)c1. The molecule has 0 heterocycles. The largest absolute Gasteiger partial charge is 0.389 e. The van der Waals surface area contributed by atoms with Crippen LogP contribution in [-0.4, -0.2) is 20.8 Å². The molecule has 0 bridgehead atoms. The molecule has 1 aromatic rings. The van der Waals surface area contributed by atoms with Crippen molar-refractivity contribution in [2.24, 2.45) is 5.73 Å². The van der Waals surface area contributed by atoms with E-state index in [0.29, 0.717) is 5.56 Å². The van der Waals surface area contributed by atoms with Crippen LogP contribution in [0.25, 0.3) is 0 Å². The molecule has 3 nitrogen and oxygen atoms in total. The highest BCUT2D eigenvalue weighted by molar-refractivity contribution is 7.90. The molecule has 0 spiro atoms. The summed E-state index contributed by atoms with van der Waals surface area (Å²) in [5, 5.41) is 0. The molecule has 1 unspecified atom stereocenters. The second-order valence-corrected chi connectivity index (χ2v) is 6.47. The lowest BCUT2D eigenvalue weighted by Crippen LogP contribution is -2.13. The van der Waals surface area contributed by atoms with Crippen LogP contribution in [0.3, 0.4) is 0 Å². The highest BCUT2D eigenvalue weighted by Gasteiger charge is 2.26. The molecule has 1 atom stereocenters. The van der Waals surface area contributed by atoms with E-state index in [9.17, 15) is 21.6 Å². The van der Waals surface area contributed by atoms with Gasteiger partial charge in [0.15, 0.2) is 9.84 Å². The third-order valence-corrected chi connectivity index (χ3v) is 3.80. The summed E-state index contributed by atoms with van der Waals surface area (Å²) in [6.07, 6.45) is -3.91. The Kier molecular flexibility index (Phi) is 4.98. The van der Waals surface area contributed by atoms with Crippen LogP contribution >= 0.6 is 0 Å². The number of benzene rings is 1. The van der Waals surface area contributed by atoms with Gasteiger partial charge in [-0.1, -0.05) is 12.1 Å². The summed E-state index contributed by atoms with van der Waals surface area (Å²) >= 11 is 0. The lowest BCUT2D eigenvalue weighted by molar-refractivity contribution is -0.135. The van der Waals surface area contributed by atoms with Crippen molar-refractivity contribution in [3.8, 4) is 0 Å². The van der Waals surface area contributed by atoms with Gasteiger partial charge < -0.3 is 5.73 Å². The van der Waals surface area contributed by atoms with Crippen molar-refractivity contribution in [3.63, 3.8) is 0 Å². The normalized spacial score (nSPS) is 14.4. The summed E-state index contributed by atoms with van der Waals surface area (Å²) < 4.78 is 58.8. The summed E-state index contributed by atoms with van der Waals surface area (Å²) in [5.74, 6) is 0. The van der Waals surface area contributed by atoms with Crippen LogP contribution in [0, 0.1) is 0 Å². The van der Waals surface area contributed by atoms with Crippen LogP contribution in [0.2, 0.25) is 0 Å². The molecule has 1 rings (SSSR count). The lowest BCUT2D eigenvalue weighted by atomic mass is 10.0. The first-order chi connectivity index (χ1) is 8.59. The number of nitrogens with two attached hydrogens (primary N) is 1. The van der Waals surface area contributed by atoms with Crippen LogP contribution in [0.5, 0.6) is 0 Å². The molecule has 19 heavy (non-hydrogen) atoms. The molecule has 0 amide bonds. The smallest absolute Gasteiger partial charge is 0.324 e. The summed E-state index contributed by atoms with van der Waals surface area (Å²) in [6, 6.07) is 5.40. The van der Waals surface area contributed by atoms with E-state index in [-0.39, 0.29) is 17.7 Å². The van der Waals surface area contributed by atoms with Crippen LogP contribution < -0.4 is 5.73 Å². The zero-order chi connectivity index (χ0) is 14.7. The Balaban J connectivity index is 2.70. The minimum absolute atomic E-state index is 0.0756. The van der Waals surface area contributed by atoms with Gasteiger partial charge in [-0.25, -0.2) is 8.42 Å². The average Bonchev–Trinajstić information content (AvgIpc) is 2.26. The molecule has 0 aliphatic carbocycles. The Morgan fingerprint density at radius 3 is 2.47 bits per heavy atom. The van der Waals surface area contributed by atoms with Gasteiger partial charge in [-0.15, -0.1) is 0 Å². The third kappa shape index (κ3) is 5.61. The Morgan fingerprint density at radius 2 is 1.95 bits per heavy atom. The number of alkyl halides is 3. The molecule has 0 aromatic heterocycles. The van der Waals surface area contributed by atoms with Gasteiger partial charge in [-0.05, 0) is 30.5 Å². The minimum Gasteiger partial charge on any atom is -0.324 e. The molecule has 0 radical (unpaired) electrons. The quantitative estimate of drug-likeness (QED) is 0.908. The van der Waals surface area contributed by atoms with Gasteiger partial charge >= 0.3 is 6.18 Å².